The number of aliphatic imine (C=N–C) groups is 2. The van der Waals surface area contributed by atoms with Crippen molar-refractivity contribution in [3.05, 3.63) is 206 Å². The lowest BCUT2D eigenvalue weighted by Crippen LogP contribution is -2.05. The standard InChI is InChI=1S/C53H36N4O/c1-34(36-16-5-3-6-17-36)54-53(37-18-7-4-8-19-37)55-35(2)56-46-24-12-9-20-40(46)44-32-38(28-30-48(44)56)39-29-31-49-45(33-39)41-21-10-13-25-47(41)57(49)50-26-15-23-43-42-22-11-14-27-51(42)58-52(43)50/h3-33H,2H2,1H3. The van der Waals surface area contributed by atoms with Crippen LogP contribution in [0.3, 0.4) is 0 Å². The Morgan fingerprint density at radius 1 is 0.466 bits per heavy atom. The second-order valence-electron chi connectivity index (χ2n) is 14.7. The fourth-order valence-electron chi connectivity index (χ4n) is 8.57. The molecule has 0 unspecified atom stereocenters. The van der Waals surface area contributed by atoms with Gasteiger partial charge in [-0.25, -0.2) is 9.98 Å². The number of aromatic nitrogens is 2. The van der Waals surface area contributed by atoms with Crippen molar-refractivity contribution < 1.29 is 4.42 Å². The summed E-state index contributed by atoms with van der Waals surface area (Å²) in [6, 6.07) is 65.7. The minimum Gasteiger partial charge on any atom is -0.454 e. The van der Waals surface area contributed by atoms with Crippen molar-refractivity contribution in [2.45, 2.75) is 6.92 Å². The predicted molar refractivity (Wildman–Crippen MR) is 243 cm³/mol. The molecule has 0 bridgehead atoms. The van der Waals surface area contributed by atoms with Crippen LogP contribution in [0.25, 0.3) is 88.2 Å². The van der Waals surface area contributed by atoms with Crippen molar-refractivity contribution >= 4 is 82.9 Å². The molecule has 0 amide bonds. The fraction of sp³-hybridized carbons (Fsp3) is 0.0189. The van der Waals surface area contributed by atoms with Gasteiger partial charge in [0.2, 0.25) is 0 Å². The minimum absolute atomic E-state index is 0.594. The molecule has 0 spiro atoms. The first-order chi connectivity index (χ1) is 28.6. The molecule has 274 valence electrons. The van der Waals surface area contributed by atoms with E-state index in [1.807, 2.05) is 67.6 Å². The summed E-state index contributed by atoms with van der Waals surface area (Å²) in [6.07, 6.45) is 0. The highest BCUT2D eigenvalue weighted by molar-refractivity contribution is 6.16. The van der Waals surface area contributed by atoms with Crippen molar-refractivity contribution in [2.75, 3.05) is 0 Å². The topological polar surface area (TPSA) is 47.7 Å². The molecule has 0 fully saturated rings. The van der Waals surface area contributed by atoms with E-state index in [0.29, 0.717) is 11.7 Å². The van der Waals surface area contributed by atoms with Crippen LogP contribution in [0.2, 0.25) is 0 Å². The van der Waals surface area contributed by atoms with Gasteiger partial charge in [-0.2, -0.15) is 0 Å². The molecule has 0 aliphatic rings. The number of amidine groups is 1. The summed E-state index contributed by atoms with van der Waals surface area (Å²) < 4.78 is 11.0. The SMILES string of the molecule is C=C(N=C(N=C(C)c1ccccc1)c1ccccc1)n1c2ccccc2c2cc(-c3ccc4c(c3)c3ccccc3n4-c3cccc4c3oc3ccccc34)ccc21. The average Bonchev–Trinajstić information content (AvgIpc) is 3.94. The van der Waals surface area contributed by atoms with Gasteiger partial charge in [0.1, 0.15) is 11.4 Å². The Hall–Kier alpha value is -7.76. The quantitative estimate of drug-likeness (QED) is 0.124. The number of hydrogen-bond donors (Lipinski definition) is 0. The van der Waals surface area contributed by atoms with Crippen molar-refractivity contribution in [1.29, 1.82) is 0 Å². The van der Waals surface area contributed by atoms with E-state index < -0.39 is 0 Å². The summed E-state index contributed by atoms with van der Waals surface area (Å²) in [6.45, 7) is 6.56. The Morgan fingerprint density at radius 2 is 1.00 bits per heavy atom. The third-order valence-corrected chi connectivity index (χ3v) is 11.3. The zero-order valence-electron chi connectivity index (χ0n) is 31.8. The molecule has 0 N–H and O–H groups in total. The van der Waals surface area contributed by atoms with E-state index in [1.54, 1.807) is 0 Å². The summed E-state index contributed by atoms with van der Waals surface area (Å²) in [4.78, 5) is 10.2. The van der Waals surface area contributed by atoms with E-state index in [2.05, 4.69) is 143 Å². The third kappa shape index (κ3) is 5.40. The zero-order chi connectivity index (χ0) is 38.7. The number of rotatable bonds is 6. The van der Waals surface area contributed by atoms with E-state index in [0.717, 1.165) is 88.4 Å². The number of fused-ring (bicyclic) bond motifs is 9. The van der Waals surface area contributed by atoms with Gasteiger partial charge >= 0.3 is 0 Å². The number of furan rings is 1. The highest BCUT2D eigenvalue weighted by Gasteiger charge is 2.19. The van der Waals surface area contributed by atoms with Crippen LogP contribution in [0.4, 0.5) is 0 Å². The second-order valence-corrected chi connectivity index (χ2v) is 14.7. The van der Waals surface area contributed by atoms with E-state index in [9.17, 15) is 0 Å². The molecule has 3 aromatic heterocycles. The molecule has 0 aliphatic heterocycles. The summed E-state index contributed by atoms with van der Waals surface area (Å²) in [5.74, 6) is 1.20. The Kier molecular flexibility index (Phi) is 7.79. The van der Waals surface area contributed by atoms with E-state index in [4.69, 9.17) is 14.4 Å². The Morgan fingerprint density at radius 3 is 1.74 bits per heavy atom. The Bertz CT molecular complexity index is 3470. The lowest BCUT2D eigenvalue weighted by molar-refractivity contribution is 0.666. The van der Waals surface area contributed by atoms with Crippen molar-refractivity contribution in [3.63, 3.8) is 0 Å². The van der Waals surface area contributed by atoms with Crippen molar-refractivity contribution in [1.82, 2.24) is 9.13 Å². The Balaban J connectivity index is 1.05. The lowest BCUT2D eigenvalue weighted by Gasteiger charge is -2.11. The molecule has 3 heterocycles. The van der Waals surface area contributed by atoms with Crippen LogP contribution in [-0.2, 0) is 0 Å². The van der Waals surface area contributed by atoms with Crippen LogP contribution < -0.4 is 0 Å². The Labute approximate surface area is 334 Å². The van der Waals surface area contributed by atoms with Gasteiger partial charge in [-0.05, 0) is 72.1 Å². The van der Waals surface area contributed by atoms with E-state index in [1.165, 1.54) is 10.8 Å². The molecule has 0 radical (unpaired) electrons. The molecule has 8 aromatic carbocycles. The van der Waals surface area contributed by atoms with Gasteiger partial charge in [0, 0.05) is 43.6 Å². The van der Waals surface area contributed by atoms with Gasteiger partial charge in [-0.15, -0.1) is 0 Å². The lowest BCUT2D eigenvalue weighted by atomic mass is 10.0. The van der Waals surface area contributed by atoms with Gasteiger partial charge in [-0.3, -0.25) is 4.57 Å². The summed E-state index contributed by atoms with van der Waals surface area (Å²) in [5, 5.41) is 6.89. The van der Waals surface area contributed by atoms with Crippen LogP contribution >= 0.6 is 0 Å². The highest BCUT2D eigenvalue weighted by Crippen LogP contribution is 2.40. The molecule has 58 heavy (non-hydrogen) atoms. The number of nitrogens with zero attached hydrogens (tertiary/aromatic N) is 4. The van der Waals surface area contributed by atoms with Crippen LogP contribution in [0.1, 0.15) is 18.1 Å². The highest BCUT2D eigenvalue weighted by atomic mass is 16.3. The normalized spacial score (nSPS) is 12.5. The predicted octanol–water partition coefficient (Wildman–Crippen LogP) is 13.8. The van der Waals surface area contributed by atoms with Gasteiger partial charge in [-0.1, -0.05) is 146 Å². The van der Waals surface area contributed by atoms with Crippen LogP contribution in [-0.4, -0.2) is 20.7 Å². The maximum Gasteiger partial charge on any atom is 0.161 e. The molecule has 11 rings (SSSR count). The van der Waals surface area contributed by atoms with Gasteiger partial charge < -0.3 is 8.98 Å². The van der Waals surface area contributed by atoms with Crippen LogP contribution in [0, 0.1) is 0 Å². The van der Waals surface area contributed by atoms with Crippen molar-refractivity contribution in [2.24, 2.45) is 9.98 Å². The maximum absolute atomic E-state index is 6.53. The molecule has 0 atom stereocenters. The van der Waals surface area contributed by atoms with Crippen molar-refractivity contribution in [3.8, 4) is 16.8 Å². The summed E-state index contributed by atoms with van der Waals surface area (Å²) in [5.41, 5.74) is 12.3. The fourth-order valence-corrected chi connectivity index (χ4v) is 8.57. The molecule has 11 aromatic rings. The second kappa shape index (κ2) is 13.5. The number of para-hydroxylation sites is 4. The van der Waals surface area contributed by atoms with E-state index >= 15 is 0 Å². The first-order valence-corrected chi connectivity index (χ1v) is 19.5. The molecule has 5 nitrogen and oxygen atoms in total. The summed E-state index contributed by atoms with van der Waals surface area (Å²) >= 11 is 0. The smallest absolute Gasteiger partial charge is 0.161 e. The number of benzene rings is 8. The first kappa shape index (κ1) is 33.6. The molecule has 0 saturated carbocycles. The molecule has 0 saturated heterocycles. The maximum atomic E-state index is 6.53. The molecule has 0 aliphatic carbocycles. The number of hydrogen-bond acceptors (Lipinski definition) is 2. The zero-order valence-corrected chi connectivity index (χ0v) is 31.8. The minimum atomic E-state index is 0.594. The first-order valence-electron chi connectivity index (χ1n) is 19.5. The van der Waals surface area contributed by atoms with Gasteiger partial charge in [0.05, 0.1) is 27.8 Å². The molecular weight excluding hydrogens is 709 g/mol. The third-order valence-electron chi connectivity index (χ3n) is 11.3. The van der Waals surface area contributed by atoms with Gasteiger partial charge in [0.15, 0.2) is 11.4 Å². The monoisotopic (exact) mass is 744 g/mol. The van der Waals surface area contributed by atoms with E-state index in [-0.39, 0.29) is 0 Å². The average molecular weight is 745 g/mol. The molecular formula is C53H36N4O. The van der Waals surface area contributed by atoms with Crippen LogP contribution in [0.5, 0.6) is 0 Å². The largest absolute Gasteiger partial charge is 0.454 e. The van der Waals surface area contributed by atoms with Crippen LogP contribution in [0.15, 0.2) is 209 Å². The molecule has 5 heteroatoms. The van der Waals surface area contributed by atoms with Gasteiger partial charge in [0.25, 0.3) is 0 Å². The summed E-state index contributed by atoms with van der Waals surface area (Å²) in [7, 11) is 0.